The summed E-state index contributed by atoms with van der Waals surface area (Å²) in [6.07, 6.45) is 21.1. The van der Waals surface area contributed by atoms with E-state index in [1.54, 1.807) is 13.8 Å². The number of aliphatic hydroxyl groups is 2. The second kappa shape index (κ2) is 22.6. The first-order valence-corrected chi connectivity index (χ1v) is 29.5. The van der Waals surface area contributed by atoms with E-state index in [-0.39, 0.29) is 49.2 Å². The lowest BCUT2D eigenvalue weighted by Crippen LogP contribution is -2.54. The molecule has 0 radical (unpaired) electrons. The van der Waals surface area contributed by atoms with E-state index in [9.17, 15) is 29.4 Å². The number of rotatable bonds is 12. The van der Waals surface area contributed by atoms with Gasteiger partial charge in [0.05, 0.1) is 48.4 Å². The monoisotopic (exact) mass is 1040 g/mol. The van der Waals surface area contributed by atoms with Gasteiger partial charge in [0.2, 0.25) is 11.8 Å². The second-order valence-electron chi connectivity index (χ2n) is 24.8. The summed E-state index contributed by atoms with van der Waals surface area (Å²) >= 11 is 0. The number of H-pyrrole nitrogens is 2. The number of amides is 4. The summed E-state index contributed by atoms with van der Waals surface area (Å²) in [5.41, 5.74) is 6.68. The van der Waals surface area contributed by atoms with Crippen molar-refractivity contribution in [1.29, 1.82) is 0 Å². The van der Waals surface area contributed by atoms with Crippen LogP contribution in [0.1, 0.15) is 189 Å². The van der Waals surface area contributed by atoms with E-state index in [0.29, 0.717) is 47.3 Å². The van der Waals surface area contributed by atoms with Crippen LogP contribution in [0.3, 0.4) is 0 Å². The molecule has 10 fully saturated rings. The van der Waals surface area contributed by atoms with Crippen LogP contribution in [-0.2, 0) is 19.1 Å². The number of aromatic nitrogens is 4. The predicted octanol–water partition coefficient (Wildman–Crippen LogP) is 10.1. The van der Waals surface area contributed by atoms with Crippen LogP contribution in [0.4, 0.5) is 9.59 Å². The number of carbonyl (C=O) groups excluding carboxylic acids is 4. The first-order valence-electron chi connectivity index (χ1n) is 29.5. The number of aromatic amines is 2. The van der Waals surface area contributed by atoms with E-state index >= 15 is 0 Å². The maximum Gasteiger partial charge on any atom is 0.407 e. The highest BCUT2D eigenvalue weighted by Gasteiger charge is 2.51. The molecule has 16 nitrogen and oxygen atoms in total. The molecule has 76 heavy (non-hydrogen) atoms. The van der Waals surface area contributed by atoms with E-state index in [1.807, 2.05) is 9.80 Å². The molecule has 8 aliphatic carbocycles. The Morgan fingerprint density at radius 3 is 1.34 bits per heavy atom. The quantitative estimate of drug-likeness (QED) is 0.0790. The van der Waals surface area contributed by atoms with Gasteiger partial charge in [-0.15, -0.1) is 0 Å². The fraction of sp³-hybridized carbons (Fsp3) is 0.700. The van der Waals surface area contributed by atoms with Crippen molar-refractivity contribution >= 4 is 46.1 Å². The lowest BCUT2D eigenvalue weighted by molar-refractivity contribution is -0.139. The molecule has 2 aliphatic heterocycles. The van der Waals surface area contributed by atoms with Crippen molar-refractivity contribution in [2.45, 2.75) is 190 Å². The largest absolute Gasteiger partial charge is 0.453 e. The summed E-state index contributed by atoms with van der Waals surface area (Å²) < 4.78 is 9.83. The van der Waals surface area contributed by atoms with Gasteiger partial charge in [-0.2, -0.15) is 0 Å². The van der Waals surface area contributed by atoms with Gasteiger partial charge in [-0.3, -0.25) is 9.59 Å². The number of hydrogen-bond acceptors (Lipinski definition) is 10. The third-order valence-electron chi connectivity index (χ3n) is 20.5. The maximum atomic E-state index is 14.6. The zero-order valence-electron chi connectivity index (χ0n) is 45.4. The van der Waals surface area contributed by atoms with Gasteiger partial charge in [-0.1, -0.05) is 77.3 Å². The minimum Gasteiger partial charge on any atom is -0.453 e. The lowest BCUT2D eigenvalue weighted by Gasteiger charge is -2.42. The Morgan fingerprint density at radius 1 is 0.566 bits per heavy atom. The van der Waals surface area contributed by atoms with Crippen molar-refractivity contribution in [2.24, 2.45) is 47.3 Å². The highest BCUT2D eigenvalue weighted by Crippen LogP contribution is 2.53. The molecular weight excluding hydrogens is 961 g/mol. The lowest BCUT2D eigenvalue weighted by atomic mass is 9.63. The molecule has 4 aromatic rings. The van der Waals surface area contributed by atoms with Crippen LogP contribution < -0.4 is 10.6 Å². The van der Waals surface area contributed by atoms with Crippen LogP contribution in [0.5, 0.6) is 0 Å². The average molecular weight is 1050 g/mol. The molecule has 4 amide bonds. The van der Waals surface area contributed by atoms with Gasteiger partial charge in [0.15, 0.2) is 0 Å². The van der Waals surface area contributed by atoms with Crippen LogP contribution in [0.15, 0.2) is 36.4 Å². The van der Waals surface area contributed by atoms with Crippen LogP contribution in [0.2, 0.25) is 0 Å². The highest BCUT2D eigenvalue weighted by atomic mass is 16.5. The van der Waals surface area contributed by atoms with E-state index in [2.05, 4.69) is 57.0 Å². The number of alkyl carbamates (subject to hydrolysis) is 2. The molecule has 16 heteroatoms. The smallest absolute Gasteiger partial charge is 0.407 e. The molecule has 6 N–H and O–H groups in total. The third-order valence-corrected chi connectivity index (χ3v) is 20.5. The van der Waals surface area contributed by atoms with E-state index in [1.165, 1.54) is 89.6 Å². The summed E-state index contributed by atoms with van der Waals surface area (Å²) in [4.78, 5) is 76.0. The molecule has 8 saturated carbocycles. The minimum atomic E-state index is -0.906. The standard InChI is InChI=1S/C60H84N8O8/c1-33(31-69)53(65-59(73)75-3)57(71)67-49-11-7-5-9-41(49)29-51(67)55-61-45-23-21-39(27-47(45)63-55)43-25-35-13-17-37(43)19-15-36-14-18-38(20-16-35)44(26-36)40-22-24-46-48(28-40)64-56(62-46)52-30-42-10-6-8-12-50(42)68(52)58(72)54(34(2)32-70)66-60(74)76-4/h21-24,27-28,33-38,41-44,49-54,69-70H,5-20,25-26,29-32H2,1-4H3,(H,61,63)(H,62,64)(H,65,73)(H,66,74)/t33-,34-,35-,36?,37?,38+,41-,42-,43+,44+,49-,50-,51-,52-,53-,54-/m0/s1. The van der Waals surface area contributed by atoms with Crippen molar-refractivity contribution in [3.63, 3.8) is 0 Å². The summed E-state index contributed by atoms with van der Waals surface area (Å²) in [7, 11) is 2.59. The Morgan fingerprint density at radius 2 is 0.961 bits per heavy atom. The molecule has 14 rings (SSSR count). The number of hydrogen-bond donors (Lipinski definition) is 6. The molecule has 4 bridgehead atoms. The Bertz CT molecular complexity index is 2540. The first kappa shape index (κ1) is 52.8. The van der Waals surface area contributed by atoms with Gasteiger partial charge < -0.3 is 50.1 Å². The number of aliphatic hydroxyl groups excluding tert-OH is 2. The van der Waals surface area contributed by atoms with Crippen molar-refractivity contribution in [1.82, 2.24) is 40.4 Å². The van der Waals surface area contributed by atoms with Crippen molar-refractivity contribution in [3.8, 4) is 0 Å². The molecule has 2 aromatic carbocycles. The van der Waals surface area contributed by atoms with Crippen molar-refractivity contribution < 1.29 is 38.9 Å². The predicted molar refractivity (Wildman–Crippen MR) is 289 cm³/mol. The Hall–Kier alpha value is -5.22. The van der Waals surface area contributed by atoms with Crippen LogP contribution in [-0.4, -0.2) is 116 Å². The average Bonchev–Trinajstić information content (AvgIpc) is 4.30. The zero-order valence-corrected chi connectivity index (χ0v) is 45.4. The fourth-order valence-corrected chi connectivity index (χ4v) is 16.3. The van der Waals surface area contributed by atoms with Gasteiger partial charge in [-0.05, 0) is 160 Å². The number of ether oxygens (including phenoxy) is 2. The number of likely N-dealkylation sites (tertiary alicyclic amines) is 2. The van der Waals surface area contributed by atoms with Crippen LogP contribution in [0, 0.1) is 47.3 Å². The second-order valence-corrected chi connectivity index (χ2v) is 24.8. The molecule has 2 saturated heterocycles. The molecule has 0 spiro atoms. The Kier molecular flexibility index (Phi) is 15.7. The topological polar surface area (TPSA) is 215 Å². The fourth-order valence-electron chi connectivity index (χ4n) is 16.3. The Labute approximate surface area is 448 Å². The molecule has 2 aromatic heterocycles. The van der Waals surface area contributed by atoms with E-state index < -0.39 is 36.1 Å². The van der Waals surface area contributed by atoms with Crippen molar-refractivity contribution in [3.05, 3.63) is 59.2 Å². The SMILES string of the molecule is COC(=O)N[C@H](C(=O)N1[C@H](c2nc3ccc([C@@H]4C[C@H]5CCC4CCC4CC[C@H](CC5)[C@H](c5ccc6nc([C@@H]7C[C@@H]8CCCC[C@@H]8N7C(=O)[C@@H](NC(=O)OC)[C@@H](C)CO)[nH]c6c5)C4)cc3[nH]2)C[C@@H]2CCCC[C@@H]21)[C@@H](C)CO. The molecular formula is C60H84N8O8. The number of nitrogens with one attached hydrogen (secondary N) is 4. The summed E-state index contributed by atoms with van der Waals surface area (Å²) in [5, 5.41) is 25.8. The number of methoxy groups -OCH3 is 2. The number of carbonyl (C=O) groups is 4. The normalized spacial score (nSPS) is 32.1. The van der Waals surface area contributed by atoms with Gasteiger partial charge in [-0.25, -0.2) is 19.6 Å². The van der Waals surface area contributed by atoms with E-state index in [4.69, 9.17) is 19.4 Å². The summed E-state index contributed by atoms with van der Waals surface area (Å²) in [6.45, 7) is 3.10. The number of imidazole rings is 2. The highest BCUT2D eigenvalue weighted by molar-refractivity contribution is 5.88. The number of nitrogens with zero attached hydrogens (tertiary/aromatic N) is 4. The first-order chi connectivity index (χ1) is 36.9. The molecule has 0 unspecified atom stereocenters. The molecule has 412 valence electrons. The number of benzene rings is 2. The maximum absolute atomic E-state index is 14.6. The zero-order chi connectivity index (χ0) is 52.8. The Balaban J connectivity index is 0.803. The molecule has 12 atom stereocenters. The van der Waals surface area contributed by atoms with Crippen LogP contribution in [0.25, 0.3) is 22.1 Å². The molecule has 4 heterocycles. The van der Waals surface area contributed by atoms with Gasteiger partial charge in [0.25, 0.3) is 0 Å². The van der Waals surface area contributed by atoms with Crippen LogP contribution >= 0.6 is 0 Å². The van der Waals surface area contributed by atoms with E-state index in [0.717, 1.165) is 97.9 Å². The van der Waals surface area contributed by atoms with Gasteiger partial charge >= 0.3 is 12.2 Å². The third kappa shape index (κ3) is 10.3. The van der Waals surface area contributed by atoms with Gasteiger partial charge in [0.1, 0.15) is 23.7 Å². The minimum absolute atomic E-state index is 0.0633. The summed E-state index contributed by atoms with van der Waals surface area (Å²) in [5.74, 6) is 4.56. The molecule has 10 aliphatic rings. The number of fused-ring (bicyclic) bond motifs is 4. The summed E-state index contributed by atoms with van der Waals surface area (Å²) in [6, 6.07) is 11.6. The van der Waals surface area contributed by atoms with Crippen molar-refractivity contribution in [2.75, 3.05) is 27.4 Å². The van der Waals surface area contributed by atoms with Gasteiger partial charge in [0, 0.05) is 37.1 Å².